The van der Waals surface area contributed by atoms with E-state index in [4.69, 9.17) is 0 Å². The molecule has 1 aromatic heterocycles. The molecule has 1 heterocycles. The van der Waals surface area contributed by atoms with Crippen LogP contribution < -0.4 is 0 Å². The molecular weight excluding hydrogens is 206 g/mol. The van der Waals surface area contributed by atoms with E-state index in [0.29, 0.717) is 0 Å². The molecule has 2 aromatic rings. The summed E-state index contributed by atoms with van der Waals surface area (Å²) < 4.78 is 0. The summed E-state index contributed by atoms with van der Waals surface area (Å²) in [6.07, 6.45) is 10.9. The van der Waals surface area contributed by atoms with Crippen LogP contribution in [0.15, 0.2) is 24.3 Å². The molecular formula is C16H21N. The highest BCUT2D eigenvalue weighted by molar-refractivity contribution is 5.84. The van der Waals surface area contributed by atoms with Gasteiger partial charge in [-0.1, -0.05) is 43.9 Å². The molecule has 1 nitrogen and oxygen atoms in total. The highest BCUT2D eigenvalue weighted by atomic mass is 14.7. The van der Waals surface area contributed by atoms with Crippen LogP contribution in [0.1, 0.15) is 49.8 Å². The highest BCUT2D eigenvalue weighted by Gasteiger charge is 2.11. The Bertz CT molecular complexity index is 495. The van der Waals surface area contributed by atoms with Crippen LogP contribution >= 0.6 is 0 Å². The van der Waals surface area contributed by atoms with Gasteiger partial charge in [-0.2, -0.15) is 0 Å². The molecule has 0 saturated heterocycles. The van der Waals surface area contributed by atoms with E-state index >= 15 is 0 Å². The van der Waals surface area contributed by atoms with Crippen molar-refractivity contribution in [2.45, 2.75) is 51.4 Å². The van der Waals surface area contributed by atoms with Gasteiger partial charge in [0.15, 0.2) is 0 Å². The first kappa shape index (κ1) is 10.9. The zero-order valence-electron chi connectivity index (χ0n) is 10.5. The molecule has 0 fully saturated rings. The van der Waals surface area contributed by atoms with E-state index in [1.165, 1.54) is 68.0 Å². The minimum atomic E-state index is 1.24. The van der Waals surface area contributed by atoms with Gasteiger partial charge in [0.05, 0.1) is 0 Å². The van der Waals surface area contributed by atoms with Crippen LogP contribution in [0.5, 0.6) is 0 Å². The smallest absolute Gasteiger partial charge is 0.0458 e. The Kier molecular flexibility index (Phi) is 3.17. The lowest BCUT2D eigenvalue weighted by Gasteiger charge is -2.08. The van der Waals surface area contributed by atoms with Gasteiger partial charge >= 0.3 is 0 Å². The van der Waals surface area contributed by atoms with Gasteiger partial charge in [0.2, 0.25) is 0 Å². The van der Waals surface area contributed by atoms with Crippen molar-refractivity contribution in [1.82, 2.24) is 4.98 Å². The Morgan fingerprint density at radius 2 is 1.47 bits per heavy atom. The Morgan fingerprint density at radius 3 is 2.35 bits per heavy atom. The van der Waals surface area contributed by atoms with E-state index < -0.39 is 0 Å². The normalized spacial score (nSPS) is 17.9. The van der Waals surface area contributed by atoms with Gasteiger partial charge in [-0.25, -0.2) is 0 Å². The minimum absolute atomic E-state index is 1.24. The van der Waals surface area contributed by atoms with Crippen molar-refractivity contribution in [2.24, 2.45) is 0 Å². The number of nitrogens with one attached hydrogen (secondary N) is 1. The molecule has 0 unspecified atom stereocenters. The number of rotatable bonds is 0. The first-order valence-corrected chi connectivity index (χ1v) is 7.03. The number of aromatic amines is 1. The summed E-state index contributed by atoms with van der Waals surface area (Å²) in [5.74, 6) is 0. The molecule has 17 heavy (non-hydrogen) atoms. The van der Waals surface area contributed by atoms with E-state index in [9.17, 15) is 0 Å². The standard InChI is InChI=1S/C16H21N/c1-2-4-6-11-15-13(9-5-3-1)14-10-7-8-12-16(14)17-15/h7-8,10,12,17H,1-6,9,11H2. The quantitative estimate of drug-likeness (QED) is 0.676. The van der Waals surface area contributed by atoms with Crippen LogP contribution in [0.2, 0.25) is 0 Å². The molecule has 0 spiro atoms. The molecule has 1 aliphatic rings. The lowest BCUT2D eigenvalue weighted by atomic mass is 9.97. The number of hydrogen-bond donors (Lipinski definition) is 1. The lowest BCUT2D eigenvalue weighted by molar-refractivity contribution is 0.579. The topological polar surface area (TPSA) is 15.8 Å². The van der Waals surface area contributed by atoms with Crippen molar-refractivity contribution in [3.05, 3.63) is 35.5 Å². The second kappa shape index (κ2) is 4.95. The van der Waals surface area contributed by atoms with Gasteiger partial charge in [0, 0.05) is 16.6 Å². The molecule has 0 aliphatic heterocycles. The summed E-state index contributed by atoms with van der Waals surface area (Å²) in [7, 11) is 0. The molecule has 1 heteroatoms. The first-order valence-electron chi connectivity index (χ1n) is 7.03. The SMILES string of the molecule is c1ccc2c3c([nH]c2c1)CCCCCCCC3. The average molecular weight is 227 g/mol. The number of aromatic nitrogens is 1. The van der Waals surface area contributed by atoms with Gasteiger partial charge in [-0.3, -0.25) is 0 Å². The molecule has 0 atom stereocenters. The predicted octanol–water partition coefficient (Wildman–Crippen LogP) is 4.61. The van der Waals surface area contributed by atoms with E-state index in [0.717, 1.165) is 0 Å². The monoisotopic (exact) mass is 227 g/mol. The zero-order valence-corrected chi connectivity index (χ0v) is 10.5. The molecule has 0 radical (unpaired) electrons. The third kappa shape index (κ3) is 2.24. The number of hydrogen-bond acceptors (Lipinski definition) is 0. The van der Waals surface area contributed by atoms with E-state index in [-0.39, 0.29) is 0 Å². The molecule has 3 rings (SSSR count). The van der Waals surface area contributed by atoms with Gasteiger partial charge in [-0.05, 0) is 37.3 Å². The average Bonchev–Trinajstić information content (AvgIpc) is 2.72. The van der Waals surface area contributed by atoms with Crippen LogP contribution in [-0.4, -0.2) is 4.98 Å². The fourth-order valence-electron chi connectivity index (χ4n) is 3.07. The number of fused-ring (bicyclic) bond motifs is 3. The summed E-state index contributed by atoms with van der Waals surface area (Å²) in [6, 6.07) is 8.78. The zero-order chi connectivity index (χ0) is 11.5. The summed E-state index contributed by atoms with van der Waals surface area (Å²) in [4.78, 5) is 3.63. The number of benzene rings is 1. The Morgan fingerprint density at radius 1 is 0.765 bits per heavy atom. The van der Waals surface area contributed by atoms with Gasteiger partial charge in [0.25, 0.3) is 0 Å². The fourth-order valence-corrected chi connectivity index (χ4v) is 3.07. The first-order chi connectivity index (χ1) is 8.45. The minimum Gasteiger partial charge on any atom is -0.358 e. The summed E-state index contributed by atoms with van der Waals surface area (Å²) in [6.45, 7) is 0. The van der Waals surface area contributed by atoms with Crippen LogP contribution in [0.4, 0.5) is 0 Å². The third-order valence-electron chi connectivity index (χ3n) is 4.01. The number of aryl methyl sites for hydroxylation is 2. The third-order valence-corrected chi connectivity index (χ3v) is 4.01. The summed E-state index contributed by atoms with van der Waals surface area (Å²) >= 11 is 0. The van der Waals surface area contributed by atoms with Crippen LogP contribution in [0, 0.1) is 0 Å². The van der Waals surface area contributed by atoms with Gasteiger partial charge < -0.3 is 4.98 Å². The maximum atomic E-state index is 3.63. The molecule has 0 saturated carbocycles. The summed E-state index contributed by atoms with van der Waals surface area (Å²) in [5, 5.41) is 1.46. The molecule has 0 amide bonds. The fraction of sp³-hybridized carbons (Fsp3) is 0.500. The molecule has 90 valence electrons. The molecule has 1 aliphatic carbocycles. The summed E-state index contributed by atoms with van der Waals surface area (Å²) in [5.41, 5.74) is 4.44. The van der Waals surface area contributed by atoms with Crippen LogP contribution in [0.25, 0.3) is 10.9 Å². The van der Waals surface area contributed by atoms with Crippen LogP contribution in [0.3, 0.4) is 0 Å². The number of para-hydroxylation sites is 1. The second-order valence-corrected chi connectivity index (χ2v) is 5.25. The van der Waals surface area contributed by atoms with Crippen molar-refractivity contribution in [3.8, 4) is 0 Å². The molecule has 0 bridgehead atoms. The Balaban J connectivity index is 2.00. The lowest BCUT2D eigenvalue weighted by Crippen LogP contribution is -1.96. The van der Waals surface area contributed by atoms with Crippen molar-refractivity contribution < 1.29 is 0 Å². The van der Waals surface area contributed by atoms with Crippen LogP contribution in [-0.2, 0) is 12.8 Å². The van der Waals surface area contributed by atoms with E-state index in [1.54, 1.807) is 5.56 Å². The van der Waals surface area contributed by atoms with Crippen molar-refractivity contribution in [1.29, 1.82) is 0 Å². The Hall–Kier alpha value is -1.24. The van der Waals surface area contributed by atoms with E-state index in [1.807, 2.05) is 0 Å². The number of H-pyrrole nitrogens is 1. The van der Waals surface area contributed by atoms with Gasteiger partial charge in [-0.15, -0.1) is 0 Å². The maximum absolute atomic E-state index is 3.63. The second-order valence-electron chi connectivity index (χ2n) is 5.25. The van der Waals surface area contributed by atoms with Crippen molar-refractivity contribution >= 4 is 10.9 Å². The highest BCUT2D eigenvalue weighted by Crippen LogP contribution is 2.26. The van der Waals surface area contributed by atoms with Gasteiger partial charge in [0.1, 0.15) is 0 Å². The maximum Gasteiger partial charge on any atom is 0.0458 e. The van der Waals surface area contributed by atoms with Crippen molar-refractivity contribution in [3.63, 3.8) is 0 Å². The van der Waals surface area contributed by atoms with Crippen molar-refractivity contribution in [2.75, 3.05) is 0 Å². The largest absolute Gasteiger partial charge is 0.358 e. The van der Waals surface area contributed by atoms with E-state index in [2.05, 4.69) is 29.2 Å². The Labute approximate surface area is 103 Å². The molecule has 1 aromatic carbocycles. The molecule has 1 N–H and O–H groups in total. The predicted molar refractivity (Wildman–Crippen MR) is 73.4 cm³/mol.